The Bertz CT molecular complexity index is 214. The molecule has 0 amide bonds. The third-order valence-corrected chi connectivity index (χ3v) is 1.14. The summed E-state index contributed by atoms with van der Waals surface area (Å²) >= 11 is 0. The summed E-state index contributed by atoms with van der Waals surface area (Å²) < 4.78 is 0. The number of aliphatic hydroxyl groups is 2. The van der Waals surface area contributed by atoms with Gasteiger partial charge in [0.2, 0.25) is 17.3 Å². The lowest BCUT2D eigenvalue weighted by molar-refractivity contribution is -0.120. The van der Waals surface area contributed by atoms with Crippen LogP contribution in [0.4, 0.5) is 0 Å². The second-order valence-corrected chi connectivity index (χ2v) is 2.03. The smallest absolute Gasteiger partial charge is 0.205 e. The highest BCUT2D eigenvalue weighted by atomic mass is 16.3. The maximum absolute atomic E-state index is 10.6. The number of hydrogen-bond acceptors (Lipinski definition) is 4. The molecular formula is C7H10O4. The highest BCUT2D eigenvalue weighted by Crippen LogP contribution is 2.02. The summed E-state index contributed by atoms with van der Waals surface area (Å²) in [6.45, 7) is 2.58. The van der Waals surface area contributed by atoms with Crippen LogP contribution in [0.1, 0.15) is 20.3 Å². The Morgan fingerprint density at radius 2 is 1.64 bits per heavy atom. The second-order valence-electron chi connectivity index (χ2n) is 2.03. The van der Waals surface area contributed by atoms with E-state index < -0.39 is 23.1 Å². The molecule has 62 valence electrons. The molecule has 11 heavy (non-hydrogen) atoms. The topological polar surface area (TPSA) is 74.6 Å². The number of rotatable bonds is 3. The van der Waals surface area contributed by atoms with Crippen LogP contribution in [0.15, 0.2) is 11.5 Å². The molecule has 0 aromatic carbocycles. The van der Waals surface area contributed by atoms with Gasteiger partial charge in [0.1, 0.15) is 0 Å². The summed E-state index contributed by atoms with van der Waals surface area (Å²) in [5, 5.41) is 17.6. The van der Waals surface area contributed by atoms with Crippen LogP contribution in [-0.2, 0) is 9.59 Å². The van der Waals surface area contributed by atoms with Crippen LogP contribution in [0.3, 0.4) is 0 Å². The number of allylic oxidation sites excluding steroid dienone is 2. The van der Waals surface area contributed by atoms with Crippen LogP contribution in [0.25, 0.3) is 0 Å². The molecule has 0 saturated carbocycles. The van der Waals surface area contributed by atoms with Gasteiger partial charge in [0.05, 0.1) is 0 Å². The largest absolute Gasteiger partial charge is 0.502 e. The summed E-state index contributed by atoms with van der Waals surface area (Å²) in [6, 6.07) is 0. The normalized spacial score (nSPS) is 12.2. The monoisotopic (exact) mass is 158 g/mol. The van der Waals surface area contributed by atoms with E-state index in [-0.39, 0.29) is 6.42 Å². The fraction of sp³-hybridized carbons (Fsp3) is 0.429. The van der Waals surface area contributed by atoms with Gasteiger partial charge in [-0.25, -0.2) is 0 Å². The van der Waals surface area contributed by atoms with E-state index in [1.165, 1.54) is 6.92 Å². The Labute approximate surface area is 64.2 Å². The zero-order valence-corrected chi connectivity index (χ0v) is 6.42. The molecule has 0 aliphatic carbocycles. The predicted molar refractivity (Wildman–Crippen MR) is 38.3 cm³/mol. The van der Waals surface area contributed by atoms with E-state index in [0.29, 0.717) is 0 Å². The van der Waals surface area contributed by atoms with Crippen LogP contribution in [0.5, 0.6) is 0 Å². The van der Waals surface area contributed by atoms with Crippen LogP contribution in [0.2, 0.25) is 0 Å². The van der Waals surface area contributed by atoms with Crippen LogP contribution in [0, 0.1) is 0 Å². The standard InChI is InChI=1S/C7H10O4/c1-3-5(9)7(11)6(10)4(2)8/h10-11H,3H2,1-2H3. The van der Waals surface area contributed by atoms with E-state index in [1.807, 2.05) is 0 Å². The minimum absolute atomic E-state index is 0.0587. The number of hydrogen-bond donors (Lipinski definition) is 2. The summed E-state index contributed by atoms with van der Waals surface area (Å²) in [5.74, 6) is -3.07. The molecule has 0 radical (unpaired) electrons. The zero-order valence-electron chi connectivity index (χ0n) is 6.42. The first kappa shape index (κ1) is 9.68. The van der Waals surface area contributed by atoms with Crippen molar-refractivity contribution < 1.29 is 19.8 Å². The van der Waals surface area contributed by atoms with Gasteiger partial charge in [0, 0.05) is 13.3 Å². The average Bonchev–Trinajstić information content (AvgIpc) is 2.00. The van der Waals surface area contributed by atoms with Gasteiger partial charge in [0.25, 0.3) is 0 Å². The molecule has 0 fully saturated rings. The van der Waals surface area contributed by atoms with Crippen molar-refractivity contribution in [2.45, 2.75) is 20.3 Å². The number of carbonyl (C=O) groups is 2. The minimum atomic E-state index is -0.864. The van der Waals surface area contributed by atoms with E-state index >= 15 is 0 Å². The number of carbonyl (C=O) groups excluding carboxylic acids is 2. The molecule has 0 aromatic rings. The van der Waals surface area contributed by atoms with Crippen LogP contribution in [-0.4, -0.2) is 21.8 Å². The van der Waals surface area contributed by atoms with Gasteiger partial charge in [0.15, 0.2) is 5.78 Å². The van der Waals surface area contributed by atoms with E-state index in [1.54, 1.807) is 0 Å². The highest BCUT2D eigenvalue weighted by Gasteiger charge is 2.14. The third kappa shape index (κ3) is 2.41. The highest BCUT2D eigenvalue weighted by molar-refractivity contribution is 6.02. The molecule has 0 aliphatic rings. The van der Waals surface area contributed by atoms with Crippen molar-refractivity contribution in [3.63, 3.8) is 0 Å². The number of ketones is 2. The van der Waals surface area contributed by atoms with Crippen molar-refractivity contribution >= 4 is 11.6 Å². The van der Waals surface area contributed by atoms with Gasteiger partial charge in [-0.2, -0.15) is 0 Å². The SMILES string of the molecule is CCC(=O)C(O)=C(O)C(C)=O. The van der Waals surface area contributed by atoms with E-state index in [4.69, 9.17) is 10.2 Å². The lowest BCUT2D eigenvalue weighted by Crippen LogP contribution is -2.08. The molecule has 0 heterocycles. The van der Waals surface area contributed by atoms with Gasteiger partial charge in [-0.1, -0.05) is 6.92 Å². The molecule has 0 saturated heterocycles. The minimum Gasteiger partial charge on any atom is -0.502 e. The summed E-state index contributed by atoms with van der Waals surface area (Å²) in [6.07, 6.45) is 0.0587. The quantitative estimate of drug-likeness (QED) is 0.472. The van der Waals surface area contributed by atoms with Crippen molar-refractivity contribution in [1.29, 1.82) is 0 Å². The predicted octanol–water partition coefficient (Wildman–Crippen LogP) is 0.882. The summed E-state index contributed by atoms with van der Waals surface area (Å²) in [5.41, 5.74) is 0. The van der Waals surface area contributed by atoms with Crippen molar-refractivity contribution in [2.24, 2.45) is 0 Å². The van der Waals surface area contributed by atoms with Crippen LogP contribution >= 0.6 is 0 Å². The third-order valence-electron chi connectivity index (χ3n) is 1.14. The van der Waals surface area contributed by atoms with Gasteiger partial charge in [-0.05, 0) is 0 Å². The second kappa shape index (κ2) is 3.75. The Kier molecular flexibility index (Phi) is 3.30. The molecule has 0 spiro atoms. The first-order chi connectivity index (χ1) is 5.00. The van der Waals surface area contributed by atoms with E-state index in [9.17, 15) is 9.59 Å². The molecule has 4 nitrogen and oxygen atoms in total. The van der Waals surface area contributed by atoms with Gasteiger partial charge in [-0.15, -0.1) is 0 Å². The summed E-state index contributed by atoms with van der Waals surface area (Å²) in [7, 11) is 0. The molecule has 0 aliphatic heterocycles. The molecule has 0 bridgehead atoms. The van der Waals surface area contributed by atoms with E-state index in [0.717, 1.165) is 6.92 Å². The lowest BCUT2D eigenvalue weighted by Gasteiger charge is -1.97. The molecular weight excluding hydrogens is 148 g/mol. The van der Waals surface area contributed by atoms with Crippen molar-refractivity contribution in [3.05, 3.63) is 11.5 Å². The Morgan fingerprint density at radius 3 is 1.91 bits per heavy atom. The van der Waals surface area contributed by atoms with Gasteiger partial charge >= 0.3 is 0 Å². The Hall–Kier alpha value is -1.32. The first-order valence-electron chi connectivity index (χ1n) is 3.17. The maximum atomic E-state index is 10.6. The van der Waals surface area contributed by atoms with Crippen molar-refractivity contribution in [1.82, 2.24) is 0 Å². The molecule has 4 heteroatoms. The Morgan fingerprint density at radius 1 is 1.18 bits per heavy atom. The molecule has 2 N–H and O–H groups in total. The van der Waals surface area contributed by atoms with E-state index in [2.05, 4.69) is 0 Å². The Balaban J connectivity index is 4.66. The molecule has 0 atom stereocenters. The molecule has 0 rings (SSSR count). The number of aliphatic hydroxyl groups excluding tert-OH is 2. The van der Waals surface area contributed by atoms with Crippen molar-refractivity contribution in [2.75, 3.05) is 0 Å². The first-order valence-corrected chi connectivity index (χ1v) is 3.17. The maximum Gasteiger partial charge on any atom is 0.205 e. The fourth-order valence-electron chi connectivity index (χ4n) is 0.466. The van der Waals surface area contributed by atoms with Crippen molar-refractivity contribution in [3.8, 4) is 0 Å². The average molecular weight is 158 g/mol. The zero-order chi connectivity index (χ0) is 9.02. The van der Waals surface area contributed by atoms with Crippen LogP contribution < -0.4 is 0 Å². The lowest BCUT2D eigenvalue weighted by atomic mass is 10.2. The number of Topliss-reactive ketones (excluding diaryl/α,β-unsaturated/α-hetero) is 2. The van der Waals surface area contributed by atoms with Gasteiger partial charge in [-0.3, -0.25) is 9.59 Å². The summed E-state index contributed by atoms with van der Waals surface area (Å²) in [4.78, 5) is 21.0. The fourth-order valence-corrected chi connectivity index (χ4v) is 0.466. The molecule has 0 unspecified atom stereocenters. The van der Waals surface area contributed by atoms with Gasteiger partial charge < -0.3 is 10.2 Å². The molecule has 0 aromatic heterocycles.